The highest BCUT2D eigenvalue weighted by molar-refractivity contribution is 7.26. The number of hydrogen-bond donors (Lipinski definition) is 0. The van der Waals surface area contributed by atoms with Crippen LogP contribution in [-0.2, 0) is 0 Å². The third-order valence-electron chi connectivity index (χ3n) is 10.2. The van der Waals surface area contributed by atoms with Crippen LogP contribution in [0.4, 0.5) is 0 Å². The van der Waals surface area contributed by atoms with Crippen LogP contribution in [0.25, 0.3) is 108 Å². The molecular weight excluding hydrogens is 629 g/mol. The smallest absolute Gasteiger partial charge is 0.180 e. The van der Waals surface area contributed by atoms with Gasteiger partial charge in [-0.25, -0.2) is 9.97 Å². The summed E-state index contributed by atoms with van der Waals surface area (Å²) in [7, 11) is 0. The Morgan fingerprint density at radius 1 is 0.400 bits per heavy atom. The van der Waals surface area contributed by atoms with Crippen molar-refractivity contribution in [2.75, 3.05) is 0 Å². The zero-order chi connectivity index (χ0) is 32.8. The average molecular weight is 655 g/mol. The van der Waals surface area contributed by atoms with E-state index in [1.165, 1.54) is 58.1 Å². The molecule has 11 rings (SSSR count). The van der Waals surface area contributed by atoms with E-state index in [4.69, 9.17) is 14.4 Å². The molecule has 0 saturated heterocycles. The average Bonchev–Trinajstić information content (AvgIpc) is 3.77. The van der Waals surface area contributed by atoms with Crippen LogP contribution in [0, 0.1) is 0 Å². The molecule has 0 aliphatic carbocycles. The van der Waals surface area contributed by atoms with E-state index in [0.29, 0.717) is 5.58 Å². The van der Waals surface area contributed by atoms with E-state index in [9.17, 15) is 0 Å². The zero-order valence-corrected chi connectivity index (χ0v) is 27.5. The number of hydrogen-bond acceptors (Lipinski definition) is 4. The highest BCUT2D eigenvalue weighted by Gasteiger charge is 2.19. The van der Waals surface area contributed by atoms with Crippen LogP contribution in [-0.4, -0.2) is 9.97 Å². The lowest BCUT2D eigenvalue weighted by atomic mass is 9.92. The summed E-state index contributed by atoms with van der Waals surface area (Å²) in [6.45, 7) is 0. The van der Waals surface area contributed by atoms with Crippen LogP contribution in [0.2, 0.25) is 0 Å². The van der Waals surface area contributed by atoms with Gasteiger partial charge in [0.25, 0.3) is 0 Å². The fraction of sp³-hybridized carbons (Fsp3) is 0. The quantitative estimate of drug-likeness (QED) is 0.178. The number of rotatable bonds is 3. The van der Waals surface area contributed by atoms with E-state index in [-0.39, 0.29) is 0 Å². The van der Waals surface area contributed by atoms with Gasteiger partial charge in [-0.1, -0.05) is 127 Å². The lowest BCUT2D eigenvalue weighted by Crippen LogP contribution is -1.87. The Morgan fingerprint density at radius 3 is 1.80 bits per heavy atom. The van der Waals surface area contributed by atoms with Gasteiger partial charge >= 0.3 is 0 Å². The Balaban J connectivity index is 1.09. The summed E-state index contributed by atoms with van der Waals surface area (Å²) in [4.78, 5) is 9.57. The van der Waals surface area contributed by atoms with Gasteiger partial charge in [0.1, 0.15) is 23.1 Å². The van der Waals surface area contributed by atoms with Gasteiger partial charge in [0.2, 0.25) is 0 Å². The molecule has 50 heavy (non-hydrogen) atoms. The molecule has 0 radical (unpaired) electrons. The minimum Gasteiger partial charge on any atom is -0.451 e. The fourth-order valence-electron chi connectivity index (χ4n) is 7.91. The molecule has 0 atom stereocenters. The molecule has 0 aliphatic rings. The fourth-order valence-corrected chi connectivity index (χ4v) is 9.15. The van der Waals surface area contributed by atoms with Crippen LogP contribution >= 0.6 is 11.3 Å². The maximum Gasteiger partial charge on any atom is 0.180 e. The minimum absolute atomic E-state index is 0.699. The van der Waals surface area contributed by atoms with Crippen molar-refractivity contribution < 1.29 is 4.42 Å². The van der Waals surface area contributed by atoms with E-state index in [2.05, 4.69) is 152 Å². The number of thiophene rings is 1. The third kappa shape index (κ3) is 3.97. The molecule has 0 unspecified atom stereocenters. The summed E-state index contributed by atoms with van der Waals surface area (Å²) < 4.78 is 9.42. The highest BCUT2D eigenvalue weighted by Crippen LogP contribution is 2.43. The van der Waals surface area contributed by atoms with Crippen LogP contribution in [0.5, 0.6) is 0 Å². The molecule has 232 valence electrons. The first-order valence-electron chi connectivity index (χ1n) is 16.8. The Labute approximate surface area is 290 Å². The summed E-state index contributed by atoms with van der Waals surface area (Å²) in [5, 5.41) is 11.1. The summed E-state index contributed by atoms with van der Waals surface area (Å²) >= 11 is 1.85. The third-order valence-corrected chi connectivity index (χ3v) is 11.4. The largest absolute Gasteiger partial charge is 0.451 e. The molecule has 0 aliphatic heterocycles. The first-order chi connectivity index (χ1) is 24.8. The molecule has 3 nitrogen and oxygen atoms in total. The SMILES string of the molecule is c1cc(-c2ncnc3c2oc2c(-c4ccc5c6ccccc6c6ccccc6c5c4)cccc23)cc(-c2cccc3c2sc2ccccc23)c1. The van der Waals surface area contributed by atoms with Crippen LogP contribution in [0.3, 0.4) is 0 Å². The molecule has 0 spiro atoms. The molecule has 0 bridgehead atoms. The predicted octanol–water partition coefficient (Wildman–Crippen LogP) is 13.2. The van der Waals surface area contributed by atoms with Crippen LogP contribution in [0.15, 0.2) is 162 Å². The molecule has 0 fully saturated rings. The maximum atomic E-state index is 6.83. The van der Waals surface area contributed by atoms with Crippen molar-refractivity contribution in [3.8, 4) is 33.5 Å². The van der Waals surface area contributed by atoms with Gasteiger partial charge in [-0.15, -0.1) is 11.3 Å². The predicted molar refractivity (Wildman–Crippen MR) is 211 cm³/mol. The van der Waals surface area contributed by atoms with E-state index in [1.54, 1.807) is 6.33 Å². The molecule has 11 aromatic rings. The second kappa shape index (κ2) is 10.6. The Hall–Kier alpha value is -6.36. The molecule has 8 aromatic carbocycles. The normalized spacial score (nSPS) is 12.0. The Kier molecular flexibility index (Phi) is 5.83. The van der Waals surface area contributed by atoms with Gasteiger partial charge in [0.15, 0.2) is 5.58 Å². The van der Waals surface area contributed by atoms with Crippen molar-refractivity contribution in [3.05, 3.63) is 158 Å². The monoisotopic (exact) mass is 654 g/mol. The van der Waals surface area contributed by atoms with Crippen molar-refractivity contribution in [1.29, 1.82) is 0 Å². The number of aromatic nitrogens is 2. The Morgan fingerprint density at radius 2 is 1.00 bits per heavy atom. The lowest BCUT2D eigenvalue weighted by molar-refractivity contribution is 0.668. The van der Waals surface area contributed by atoms with Gasteiger partial charge in [-0.3, -0.25) is 0 Å². The summed E-state index contributed by atoms with van der Waals surface area (Å²) in [5.74, 6) is 0. The van der Waals surface area contributed by atoms with Gasteiger partial charge < -0.3 is 4.42 Å². The van der Waals surface area contributed by atoms with Crippen molar-refractivity contribution in [1.82, 2.24) is 9.97 Å². The summed E-state index contributed by atoms with van der Waals surface area (Å²) in [6.07, 6.45) is 1.66. The van der Waals surface area contributed by atoms with Gasteiger partial charge in [0, 0.05) is 36.7 Å². The Bertz CT molecular complexity index is 3130. The number of para-hydroxylation sites is 1. The number of fused-ring (bicyclic) bond motifs is 12. The first-order valence-corrected chi connectivity index (χ1v) is 17.6. The van der Waals surface area contributed by atoms with Crippen molar-refractivity contribution in [3.63, 3.8) is 0 Å². The van der Waals surface area contributed by atoms with Gasteiger partial charge in [0.05, 0.1) is 0 Å². The number of benzene rings is 8. The zero-order valence-electron chi connectivity index (χ0n) is 26.7. The molecule has 3 aromatic heterocycles. The number of furan rings is 1. The topological polar surface area (TPSA) is 38.9 Å². The van der Waals surface area contributed by atoms with E-state index >= 15 is 0 Å². The molecule has 3 heterocycles. The molecular formula is C46H26N2OS. The summed E-state index contributed by atoms with van der Waals surface area (Å²) in [6, 6.07) is 54.4. The number of nitrogens with zero attached hydrogens (tertiary/aromatic N) is 2. The van der Waals surface area contributed by atoms with E-state index < -0.39 is 0 Å². The van der Waals surface area contributed by atoms with Crippen molar-refractivity contribution >= 4 is 85.9 Å². The highest BCUT2D eigenvalue weighted by atomic mass is 32.1. The second-order valence-corrected chi connectivity index (χ2v) is 13.9. The summed E-state index contributed by atoms with van der Waals surface area (Å²) in [5.41, 5.74) is 8.64. The molecule has 0 saturated carbocycles. The van der Waals surface area contributed by atoms with Crippen LogP contribution in [0.1, 0.15) is 0 Å². The van der Waals surface area contributed by atoms with E-state index in [1.807, 2.05) is 11.3 Å². The van der Waals surface area contributed by atoms with Crippen LogP contribution < -0.4 is 0 Å². The molecule has 0 N–H and O–H groups in total. The van der Waals surface area contributed by atoms with Gasteiger partial charge in [-0.2, -0.15) is 0 Å². The van der Waals surface area contributed by atoms with Crippen molar-refractivity contribution in [2.45, 2.75) is 0 Å². The first kappa shape index (κ1) is 27.6. The van der Waals surface area contributed by atoms with Crippen molar-refractivity contribution in [2.24, 2.45) is 0 Å². The molecule has 0 amide bonds. The van der Waals surface area contributed by atoms with E-state index in [0.717, 1.165) is 44.4 Å². The van der Waals surface area contributed by atoms with Gasteiger partial charge in [-0.05, 0) is 73.3 Å². The minimum atomic E-state index is 0.699. The maximum absolute atomic E-state index is 6.83. The second-order valence-electron chi connectivity index (χ2n) is 12.9. The standard InChI is InChI=1S/C46H26N2OS/c1-2-14-34-32(12-1)33-13-3-4-15-35(33)40-25-28(22-23-36(34)40)30-17-8-20-39-43-45(49-44(30)39)42(47-26-48-43)29-11-7-10-27(24-29)31-18-9-19-38-37-16-5-6-21-41(37)50-46(31)38/h1-26H. The lowest BCUT2D eigenvalue weighted by Gasteiger charge is -2.12. The molecule has 4 heteroatoms.